The van der Waals surface area contributed by atoms with Crippen LogP contribution < -0.4 is 10.9 Å². The van der Waals surface area contributed by atoms with Crippen molar-refractivity contribution in [2.45, 2.75) is 22.9 Å². The van der Waals surface area contributed by atoms with Gasteiger partial charge in [-0.15, -0.1) is 0 Å². The number of pyridine rings is 1. The topological polar surface area (TPSA) is 84.0 Å². The molecule has 1 aromatic carbocycles. The van der Waals surface area contributed by atoms with Gasteiger partial charge in [0, 0.05) is 47.9 Å². The van der Waals surface area contributed by atoms with E-state index in [1.54, 1.807) is 0 Å². The molecule has 0 spiro atoms. The van der Waals surface area contributed by atoms with Crippen LogP contribution >= 0.6 is 0 Å². The molecule has 0 amide bonds. The van der Waals surface area contributed by atoms with Crippen molar-refractivity contribution < 1.29 is 39.2 Å². The quantitative estimate of drug-likeness (QED) is 0.499. The summed E-state index contributed by atoms with van der Waals surface area (Å²) >= 11 is 0. The van der Waals surface area contributed by atoms with Crippen molar-refractivity contribution in [1.29, 1.82) is 0 Å². The highest BCUT2D eigenvalue weighted by molar-refractivity contribution is 7.90. The van der Waals surface area contributed by atoms with E-state index in [1.807, 2.05) is 5.32 Å². The van der Waals surface area contributed by atoms with Gasteiger partial charge in [-0.2, -0.15) is 30.7 Å². The Balaban J connectivity index is 2.16. The zero-order valence-corrected chi connectivity index (χ0v) is 17.7. The lowest BCUT2D eigenvalue weighted by molar-refractivity contribution is -0.350. The third kappa shape index (κ3) is 4.30. The summed E-state index contributed by atoms with van der Waals surface area (Å²) in [6.07, 6.45) is -2.97. The zero-order valence-electron chi connectivity index (χ0n) is 16.9. The van der Waals surface area contributed by atoms with Crippen LogP contribution in [0.2, 0.25) is 0 Å². The van der Waals surface area contributed by atoms with Crippen LogP contribution in [0.5, 0.6) is 0 Å². The molecule has 0 atom stereocenters. The van der Waals surface area contributed by atoms with E-state index in [2.05, 4.69) is 4.98 Å². The molecule has 2 N–H and O–H groups in total. The normalized spacial score (nSPS) is 13.5. The maximum atomic E-state index is 13.8. The summed E-state index contributed by atoms with van der Waals surface area (Å²) in [4.78, 5) is 14.3. The molecule has 180 valence electrons. The number of alkyl halides is 7. The Labute approximate surface area is 181 Å². The van der Waals surface area contributed by atoms with Gasteiger partial charge in [-0.3, -0.25) is 4.79 Å². The Hall–Kier alpha value is -3.03. The molecule has 2 heterocycles. The van der Waals surface area contributed by atoms with Crippen LogP contribution in [0.4, 0.5) is 36.4 Å². The van der Waals surface area contributed by atoms with Gasteiger partial charge in [-0.05, 0) is 24.3 Å². The summed E-state index contributed by atoms with van der Waals surface area (Å²) in [5.41, 5.74) is -0.658. The molecule has 3 aromatic rings. The van der Waals surface area contributed by atoms with Crippen molar-refractivity contribution in [2.24, 2.45) is 7.05 Å². The summed E-state index contributed by atoms with van der Waals surface area (Å²) in [6, 6.07) is 4.45. The molecular weight excluding hydrogens is 483 g/mol. The largest absolute Gasteiger partial charge is 0.459 e. The summed E-state index contributed by atoms with van der Waals surface area (Å²) in [7, 11) is -2.33. The van der Waals surface area contributed by atoms with Gasteiger partial charge in [0.15, 0.2) is 9.84 Å². The van der Waals surface area contributed by atoms with Gasteiger partial charge in [-0.25, -0.2) is 8.42 Å². The number of hydrogen-bond acceptors (Lipinski definition) is 4. The zero-order chi connectivity index (χ0) is 25.0. The lowest BCUT2D eigenvalue weighted by Crippen LogP contribution is -2.55. The molecule has 0 aliphatic rings. The number of rotatable bonds is 6. The monoisotopic (exact) mass is 499 g/mol. The van der Waals surface area contributed by atoms with E-state index in [-0.39, 0.29) is 32.6 Å². The molecule has 0 saturated carbocycles. The van der Waals surface area contributed by atoms with Crippen LogP contribution in [0.15, 0.2) is 46.3 Å². The minimum absolute atomic E-state index is 0.0970. The predicted molar refractivity (Wildman–Crippen MR) is 107 cm³/mol. The van der Waals surface area contributed by atoms with Crippen LogP contribution in [0.3, 0.4) is 0 Å². The maximum absolute atomic E-state index is 13.8. The molecule has 0 aliphatic heterocycles. The fraction of sp³-hybridized carbons (Fsp3) is 0.316. The van der Waals surface area contributed by atoms with E-state index in [1.165, 1.54) is 30.1 Å². The van der Waals surface area contributed by atoms with Crippen molar-refractivity contribution in [2.75, 3.05) is 18.1 Å². The Morgan fingerprint density at radius 2 is 1.67 bits per heavy atom. The van der Waals surface area contributed by atoms with Crippen LogP contribution in [-0.2, 0) is 16.9 Å². The van der Waals surface area contributed by atoms with Gasteiger partial charge in [0.2, 0.25) is 0 Å². The van der Waals surface area contributed by atoms with Gasteiger partial charge in [-0.1, -0.05) is 0 Å². The van der Waals surface area contributed by atoms with Crippen molar-refractivity contribution in [3.63, 3.8) is 0 Å². The molecule has 3 rings (SSSR count). The van der Waals surface area contributed by atoms with Gasteiger partial charge >= 0.3 is 18.0 Å². The number of fused-ring (bicyclic) bond motifs is 1. The molecule has 6 nitrogen and oxygen atoms in total. The number of benzene rings is 1. The molecular formula is C19H16F7N3O3S. The number of H-pyrrole nitrogens is 1. The number of aromatic amines is 1. The van der Waals surface area contributed by atoms with E-state index in [9.17, 15) is 43.9 Å². The second-order valence-electron chi connectivity index (χ2n) is 7.33. The number of sulfone groups is 1. The van der Waals surface area contributed by atoms with E-state index < -0.39 is 40.0 Å². The minimum atomic E-state index is -6.49. The summed E-state index contributed by atoms with van der Waals surface area (Å²) in [5.74, 6) is -11.8. The van der Waals surface area contributed by atoms with Gasteiger partial charge in [0.25, 0.3) is 5.56 Å². The van der Waals surface area contributed by atoms with E-state index >= 15 is 0 Å². The second-order valence-corrected chi connectivity index (χ2v) is 9.35. The molecule has 0 fully saturated rings. The number of halogens is 7. The first kappa shape index (κ1) is 24.6. The Morgan fingerprint density at radius 1 is 1.03 bits per heavy atom. The maximum Gasteiger partial charge on any atom is 0.459 e. The smallest absolute Gasteiger partial charge is 0.378 e. The van der Waals surface area contributed by atoms with E-state index in [4.69, 9.17) is 0 Å². The second kappa shape index (κ2) is 7.78. The number of hydrogen-bond donors (Lipinski definition) is 2. The highest BCUT2D eigenvalue weighted by Crippen LogP contribution is 2.47. The Kier molecular flexibility index (Phi) is 5.80. The van der Waals surface area contributed by atoms with Crippen molar-refractivity contribution in [1.82, 2.24) is 9.55 Å². The van der Waals surface area contributed by atoms with Crippen molar-refractivity contribution in [3.05, 3.63) is 47.0 Å². The molecule has 0 unspecified atom stereocenters. The van der Waals surface area contributed by atoms with E-state index in [0.29, 0.717) is 0 Å². The molecule has 0 aliphatic carbocycles. The van der Waals surface area contributed by atoms with Gasteiger partial charge in [0.1, 0.15) is 5.52 Å². The van der Waals surface area contributed by atoms with Crippen LogP contribution in [-0.4, -0.2) is 48.8 Å². The molecule has 33 heavy (non-hydrogen) atoms. The number of aromatic nitrogens is 2. The van der Waals surface area contributed by atoms with Crippen LogP contribution in [0.25, 0.3) is 22.0 Å². The fourth-order valence-corrected chi connectivity index (χ4v) is 3.88. The number of nitrogens with zero attached hydrogens (tertiary/aromatic N) is 1. The summed E-state index contributed by atoms with van der Waals surface area (Å²) in [6.45, 7) is -2.10. The first-order valence-electron chi connectivity index (χ1n) is 9.05. The standard InChI is InChI=1S/C19H16F7N3O3S/c1-29-8-13(11-5-6-27-16(30)15(11)29)12-7-10(33(2,31)32)3-4-14(12)28-9-17(20,21)18(22,23)19(24,25)26/h3-8,28H,9H2,1-2H3,(H,27,30). The third-order valence-corrected chi connectivity index (χ3v) is 6.04. The lowest BCUT2D eigenvalue weighted by atomic mass is 10.0. The number of nitrogens with one attached hydrogen (secondary N) is 2. The van der Waals surface area contributed by atoms with Gasteiger partial charge in [0.05, 0.1) is 11.4 Å². The van der Waals surface area contributed by atoms with Crippen LogP contribution in [0.1, 0.15) is 0 Å². The average Bonchev–Trinajstić information content (AvgIpc) is 3.02. The SMILES string of the molecule is Cn1cc(-c2cc(S(C)(=O)=O)ccc2NCC(F)(F)C(F)(F)C(F)(F)F)c2cc[nH]c(=O)c21. The highest BCUT2D eigenvalue weighted by atomic mass is 32.2. The average molecular weight is 499 g/mol. The van der Waals surface area contributed by atoms with Crippen molar-refractivity contribution >= 4 is 26.4 Å². The van der Waals surface area contributed by atoms with Crippen molar-refractivity contribution in [3.8, 4) is 11.1 Å². The minimum Gasteiger partial charge on any atom is -0.378 e. The Bertz CT molecular complexity index is 1380. The fourth-order valence-electron chi connectivity index (χ4n) is 3.24. The number of anilines is 1. The predicted octanol–water partition coefficient (Wildman–Crippen LogP) is 4.18. The summed E-state index contributed by atoms with van der Waals surface area (Å²) in [5, 5.41) is 2.14. The first-order valence-corrected chi connectivity index (χ1v) is 10.9. The lowest BCUT2D eigenvalue weighted by Gasteiger charge is -2.28. The molecule has 0 bridgehead atoms. The van der Waals surface area contributed by atoms with Gasteiger partial charge < -0.3 is 14.9 Å². The highest BCUT2D eigenvalue weighted by Gasteiger charge is 2.72. The molecule has 2 aromatic heterocycles. The molecule has 14 heteroatoms. The molecule has 0 saturated heterocycles. The summed E-state index contributed by atoms with van der Waals surface area (Å²) < 4.78 is 117. The number of aryl methyl sites for hydroxylation is 1. The van der Waals surface area contributed by atoms with E-state index in [0.717, 1.165) is 24.5 Å². The Morgan fingerprint density at radius 3 is 2.24 bits per heavy atom. The van der Waals surface area contributed by atoms with Crippen LogP contribution in [0, 0.1) is 0 Å². The third-order valence-electron chi connectivity index (χ3n) is 4.93. The molecule has 0 radical (unpaired) electrons. The first-order chi connectivity index (χ1) is 15.0.